The summed E-state index contributed by atoms with van der Waals surface area (Å²) in [6.45, 7) is 0.240. The SMILES string of the molecule is CN(CCO)[C@@H]1[C@@H](O)[C@H](Oc2cccc(F)c2)C[C@H]1NC(N)=O. The number of ether oxygens (including phenoxy) is 1. The summed E-state index contributed by atoms with van der Waals surface area (Å²) >= 11 is 0. The van der Waals surface area contributed by atoms with Crippen LogP contribution >= 0.6 is 0 Å². The number of carbonyl (C=O) groups excluding carboxylic acids is 1. The first-order valence-corrected chi connectivity index (χ1v) is 7.39. The maximum atomic E-state index is 13.2. The number of aliphatic hydroxyl groups excluding tert-OH is 2. The number of hydrogen-bond acceptors (Lipinski definition) is 5. The molecule has 2 amide bonds. The van der Waals surface area contributed by atoms with E-state index in [0.717, 1.165) is 0 Å². The second-order valence-electron chi connectivity index (χ2n) is 5.65. The van der Waals surface area contributed by atoms with Crippen LogP contribution in [0.25, 0.3) is 0 Å². The molecule has 1 aromatic carbocycles. The highest BCUT2D eigenvalue weighted by molar-refractivity contribution is 5.72. The number of carbonyl (C=O) groups is 1. The first-order chi connectivity index (χ1) is 10.9. The highest BCUT2D eigenvalue weighted by atomic mass is 19.1. The molecular weight excluding hydrogens is 305 g/mol. The Hall–Kier alpha value is -1.90. The van der Waals surface area contributed by atoms with E-state index in [-0.39, 0.29) is 6.61 Å². The molecule has 1 saturated carbocycles. The number of rotatable bonds is 6. The van der Waals surface area contributed by atoms with Crippen LogP contribution in [-0.4, -0.2) is 65.6 Å². The summed E-state index contributed by atoms with van der Waals surface area (Å²) in [6.07, 6.45) is -1.23. The lowest BCUT2D eigenvalue weighted by Crippen LogP contribution is -2.53. The fourth-order valence-corrected chi connectivity index (χ4v) is 3.02. The minimum Gasteiger partial charge on any atom is -0.487 e. The lowest BCUT2D eigenvalue weighted by atomic mass is 10.1. The monoisotopic (exact) mass is 327 g/mol. The van der Waals surface area contributed by atoms with Crippen molar-refractivity contribution in [1.29, 1.82) is 0 Å². The normalized spacial score (nSPS) is 27.2. The van der Waals surface area contributed by atoms with Crippen LogP contribution in [0.15, 0.2) is 24.3 Å². The van der Waals surface area contributed by atoms with Crippen molar-refractivity contribution in [3.05, 3.63) is 30.1 Å². The van der Waals surface area contributed by atoms with Crippen molar-refractivity contribution in [3.63, 3.8) is 0 Å². The van der Waals surface area contributed by atoms with Gasteiger partial charge in [-0.1, -0.05) is 6.07 Å². The van der Waals surface area contributed by atoms with Gasteiger partial charge in [0.2, 0.25) is 0 Å². The molecule has 7 nitrogen and oxygen atoms in total. The Morgan fingerprint density at radius 3 is 2.91 bits per heavy atom. The van der Waals surface area contributed by atoms with Gasteiger partial charge >= 0.3 is 6.03 Å². The Labute approximate surface area is 133 Å². The highest BCUT2D eigenvalue weighted by Crippen LogP contribution is 2.29. The van der Waals surface area contributed by atoms with Crippen LogP contribution < -0.4 is 15.8 Å². The molecule has 8 heteroatoms. The molecule has 1 fully saturated rings. The zero-order valence-corrected chi connectivity index (χ0v) is 12.9. The summed E-state index contributed by atoms with van der Waals surface area (Å²) < 4.78 is 18.9. The summed E-state index contributed by atoms with van der Waals surface area (Å²) in [7, 11) is 1.73. The van der Waals surface area contributed by atoms with Crippen molar-refractivity contribution in [3.8, 4) is 5.75 Å². The van der Waals surface area contributed by atoms with Gasteiger partial charge in [0, 0.05) is 19.0 Å². The van der Waals surface area contributed by atoms with Crippen LogP contribution in [0, 0.1) is 5.82 Å². The van der Waals surface area contributed by atoms with E-state index >= 15 is 0 Å². The molecule has 0 spiro atoms. The zero-order valence-electron chi connectivity index (χ0n) is 12.9. The Balaban J connectivity index is 2.13. The van der Waals surface area contributed by atoms with Crippen LogP contribution in [0.3, 0.4) is 0 Å². The predicted octanol–water partition coefficient (Wildman–Crippen LogP) is -0.333. The number of amides is 2. The molecule has 128 valence electrons. The van der Waals surface area contributed by atoms with Gasteiger partial charge in [0.1, 0.15) is 23.8 Å². The number of aliphatic hydroxyl groups is 2. The van der Waals surface area contributed by atoms with Gasteiger partial charge in [-0.15, -0.1) is 0 Å². The van der Waals surface area contributed by atoms with Crippen LogP contribution in [0.4, 0.5) is 9.18 Å². The summed E-state index contributed by atoms with van der Waals surface area (Å²) in [5.74, 6) is -0.131. The molecule has 0 bridgehead atoms. The number of hydrogen-bond donors (Lipinski definition) is 4. The maximum absolute atomic E-state index is 13.2. The van der Waals surface area contributed by atoms with Crippen molar-refractivity contribution >= 4 is 6.03 Å². The van der Waals surface area contributed by atoms with Crippen LogP contribution in [0.1, 0.15) is 6.42 Å². The van der Waals surface area contributed by atoms with Gasteiger partial charge in [-0.25, -0.2) is 9.18 Å². The Bertz CT molecular complexity index is 545. The molecular formula is C15H22FN3O4. The number of benzene rings is 1. The van der Waals surface area contributed by atoms with Gasteiger partial charge in [0.05, 0.1) is 18.7 Å². The minimum absolute atomic E-state index is 0.0849. The van der Waals surface area contributed by atoms with Crippen molar-refractivity contribution in [2.24, 2.45) is 5.73 Å². The molecule has 1 aliphatic rings. The van der Waals surface area contributed by atoms with Gasteiger partial charge in [-0.3, -0.25) is 4.90 Å². The average molecular weight is 327 g/mol. The molecule has 0 heterocycles. The largest absolute Gasteiger partial charge is 0.487 e. The van der Waals surface area contributed by atoms with Gasteiger partial charge in [-0.2, -0.15) is 0 Å². The maximum Gasteiger partial charge on any atom is 0.312 e. The Kier molecular flexibility index (Phi) is 5.75. The predicted molar refractivity (Wildman–Crippen MR) is 81.5 cm³/mol. The van der Waals surface area contributed by atoms with E-state index in [1.54, 1.807) is 18.0 Å². The summed E-state index contributed by atoms with van der Waals surface area (Å²) in [6, 6.07) is 4.04. The molecule has 0 saturated heterocycles. The highest BCUT2D eigenvalue weighted by Gasteiger charge is 2.46. The van der Waals surface area contributed by atoms with Crippen LogP contribution in [0.5, 0.6) is 5.75 Å². The molecule has 23 heavy (non-hydrogen) atoms. The fourth-order valence-electron chi connectivity index (χ4n) is 3.02. The van der Waals surface area contributed by atoms with E-state index in [1.165, 1.54) is 18.2 Å². The minimum atomic E-state index is -0.924. The smallest absolute Gasteiger partial charge is 0.312 e. The lowest BCUT2D eigenvalue weighted by Gasteiger charge is -2.31. The van der Waals surface area contributed by atoms with Crippen molar-refractivity contribution in [1.82, 2.24) is 10.2 Å². The van der Waals surface area contributed by atoms with E-state index in [0.29, 0.717) is 18.7 Å². The summed E-state index contributed by atoms with van der Waals surface area (Å²) in [4.78, 5) is 12.9. The van der Waals surface area contributed by atoms with Crippen LogP contribution in [-0.2, 0) is 0 Å². The molecule has 1 aromatic rings. The molecule has 0 aromatic heterocycles. The number of nitrogens with zero attached hydrogens (tertiary/aromatic N) is 1. The van der Waals surface area contributed by atoms with Gasteiger partial charge < -0.3 is 26.0 Å². The summed E-state index contributed by atoms with van der Waals surface area (Å²) in [5.41, 5.74) is 5.18. The van der Waals surface area contributed by atoms with Crippen LogP contribution in [0.2, 0.25) is 0 Å². The molecule has 4 atom stereocenters. The Morgan fingerprint density at radius 2 is 2.30 bits per heavy atom. The topological polar surface area (TPSA) is 108 Å². The first kappa shape index (κ1) is 17.5. The third-order valence-corrected chi connectivity index (χ3v) is 4.00. The Morgan fingerprint density at radius 1 is 1.57 bits per heavy atom. The molecule has 5 N–H and O–H groups in total. The molecule has 0 radical (unpaired) electrons. The number of urea groups is 1. The zero-order chi connectivity index (χ0) is 17.0. The van der Waals surface area contributed by atoms with E-state index in [9.17, 15) is 14.3 Å². The molecule has 0 aliphatic heterocycles. The quantitative estimate of drug-likeness (QED) is 0.572. The number of halogens is 1. The van der Waals surface area contributed by atoms with E-state index in [1.807, 2.05) is 0 Å². The van der Waals surface area contributed by atoms with Crippen molar-refractivity contribution in [2.45, 2.75) is 30.7 Å². The third-order valence-electron chi connectivity index (χ3n) is 4.00. The first-order valence-electron chi connectivity index (χ1n) is 7.39. The number of nitrogens with one attached hydrogen (secondary N) is 1. The van der Waals surface area contributed by atoms with E-state index in [2.05, 4.69) is 5.32 Å². The third kappa shape index (κ3) is 4.31. The second-order valence-corrected chi connectivity index (χ2v) is 5.65. The standard InChI is InChI=1S/C15H22FN3O4/c1-19(5-6-20)13-11(18-15(17)22)8-12(14(13)21)23-10-4-2-3-9(16)7-10/h2-4,7,11-14,20-21H,5-6,8H2,1H3,(H3,17,18,22)/t11-,12-,13+,14+/m1/s1. The van der Waals surface area contributed by atoms with E-state index in [4.69, 9.17) is 15.6 Å². The number of likely N-dealkylation sites (N-methyl/N-ethyl adjacent to an activating group) is 1. The molecule has 0 unspecified atom stereocenters. The number of nitrogens with two attached hydrogens (primary N) is 1. The van der Waals surface area contributed by atoms with E-state index < -0.39 is 36.1 Å². The van der Waals surface area contributed by atoms with Gasteiger partial charge in [-0.05, 0) is 19.2 Å². The van der Waals surface area contributed by atoms with Crippen molar-refractivity contribution < 1.29 is 24.1 Å². The second kappa shape index (κ2) is 7.58. The average Bonchev–Trinajstić information content (AvgIpc) is 2.74. The van der Waals surface area contributed by atoms with Gasteiger partial charge in [0.15, 0.2) is 0 Å². The number of primary amides is 1. The summed E-state index contributed by atoms with van der Waals surface area (Å²) in [5, 5.41) is 22.2. The molecule has 1 aliphatic carbocycles. The van der Waals surface area contributed by atoms with Crippen molar-refractivity contribution in [2.75, 3.05) is 20.2 Å². The fraction of sp³-hybridized carbons (Fsp3) is 0.533. The molecule has 2 rings (SSSR count). The van der Waals surface area contributed by atoms with Gasteiger partial charge in [0.25, 0.3) is 0 Å². The lowest BCUT2D eigenvalue weighted by molar-refractivity contribution is 0.0112.